The van der Waals surface area contributed by atoms with Gasteiger partial charge in [-0.05, 0) is 18.2 Å². The quantitative estimate of drug-likeness (QED) is 0.483. The first-order chi connectivity index (χ1) is 11.5. The molecule has 2 aromatic carbocycles. The van der Waals surface area contributed by atoms with Crippen LogP contribution in [-0.4, -0.2) is 29.9 Å². The van der Waals surface area contributed by atoms with Crippen LogP contribution in [0.3, 0.4) is 0 Å². The summed E-state index contributed by atoms with van der Waals surface area (Å²) in [5.41, 5.74) is 0.891. The number of methoxy groups -OCH3 is 1. The third-order valence-electron chi connectivity index (χ3n) is 3.37. The van der Waals surface area contributed by atoms with Gasteiger partial charge in [0.1, 0.15) is 5.75 Å². The maximum Gasteiger partial charge on any atom is 0.337 e. The van der Waals surface area contributed by atoms with Gasteiger partial charge in [-0.1, -0.05) is 30.3 Å². The Labute approximate surface area is 139 Å². The molecule has 0 saturated carbocycles. The highest BCUT2D eigenvalue weighted by atomic mass is 16.5. The van der Waals surface area contributed by atoms with E-state index in [1.807, 2.05) is 6.07 Å². The minimum absolute atomic E-state index is 0.00802. The lowest BCUT2D eigenvalue weighted by atomic mass is 10.1. The van der Waals surface area contributed by atoms with Crippen LogP contribution in [-0.2, 0) is 9.53 Å². The van der Waals surface area contributed by atoms with Gasteiger partial charge >= 0.3 is 5.97 Å². The molecule has 0 aliphatic carbocycles. The molecule has 0 aliphatic heterocycles. The second-order valence-electron chi connectivity index (χ2n) is 5.06. The third kappa shape index (κ3) is 4.42. The molecule has 24 heavy (non-hydrogen) atoms. The average molecular weight is 327 g/mol. The molecule has 1 amide bonds. The third-order valence-corrected chi connectivity index (χ3v) is 3.37. The minimum atomic E-state index is -0.586. The lowest BCUT2D eigenvalue weighted by Gasteiger charge is -2.08. The van der Waals surface area contributed by atoms with E-state index in [0.29, 0.717) is 5.56 Å². The van der Waals surface area contributed by atoms with Gasteiger partial charge < -0.3 is 15.2 Å². The molecule has 6 heteroatoms. The van der Waals surface area contributed by atoms with E-state index < -0.39 is 11.9 Å². The van der Waals surface area contributed by atoms with Crippen molar-refractivity contribution in [1.29, 1.82) is 0 Å². The van der Waals surface area contributed by atoms with E-state index in [1.54, 1.807) is 24.3 Å². The van der Waals surface area contributed by atoms with Crippen LogP contribution >= 0.6 is 0 Å². The number of benzene rings is 2. The molecule has 0 unspecified atom stereocenters. The van der Waals surface area contributed by atoms with Gasteiger partial charge in [-0.15, -0.1) is 0 Å². The van der Waals surface area contributed by atoms with Crippen molar-refractivity contribution in [2.45, 2.75) is 12.8 Å². The molecular formula is C18H17NO5. The Morgan fingerprint density at radius 2 is 1.71 bits per heavy atom. The Hall–Kier alpha value is -3.15. The van der Waals surface area contributed by atoms with Crippen molar-refractivity contribution in [3.8, 4) is 5.75 Å². The van der Waals surface area contributed by atoms with Gasteiger partial charge in [-0.3, -0.25) is 9.59 Å². The summed E-state index contributed by atoms with van der Waals surface area (Å²) in [4.78, 5) is 35.2. The first-order valence-electron chi connectivity index (χ1n) is 7.30. The van der Waals surface area contributed by atoms with Crippen molar-refractivity contribution in [2.75, 3.05) is 12.4 Å². The smallest absolute Gasteiger partial charge is 0.337 e. The summed E-state index contributed by atoms with van der Waals surface area (Å²) in [5.74, 6) is -1.37. The molecule has 6 nitrogen and oxygen atoms in total. The molecule has 0 aromatic heterocycles. The highest BCUT2D eigenvalue weighted by Gasteiger charge is 2.13. The zero-order valence-electron chi connectivity index (χ0n) is 13.1. The number of carbonyl (C=O) groups excluding carboxylic acids is 3. The van der Waals surface area contributed by atoms with E-state index in [4.69, 9.17) is 0 Å². The van der Waals surface area contributed by atoms with Crippen LogP contribution in [0.4, 0.5) is 5.69 Å². The Morgan fingerprint density at radius 3 is 2.33 bits per heavy atom. The number of hydrogen-bond acceptors (Lipinski definition) is 5. The second-order valence-corrected chi connectivity index (χ2v) is 5.06. The number of hydrogen-bond donors (Lipinski definition) is 2. The molecule has 2 rings (SSSR count). The van der Waals surface area contributed by atoms with E-state index in [2.05, 4.69) is 10.1 Å². The Morgan fingerprint density at radius 1 is 1.00 bits per heavy atom. The topological polar surface area (TPSA) is 92.7 Å². The average Bonchev–Trinajstić information content (AvgIpc) is 2.61. The molecule has 0 radical (unpaired) electrons. The summed E-state index contributed by atoms with van der Waals surface area (Å²) in [6.07, 6.45) is 0.0583. The Balaban J connectivity index is 1.93. The predicted octanol–water partition coefficient (Wildman–Crippen LogP) is 2.78. The standard InChI is InChI=1S/C18H17NO5/c1-24-18(23)13-7-8-14(16(21)11-13)19-17(22)10-9-15(20)12-5-3-2-4-6-12/h2-8,11,21H,9-10H2,1H3,(H,19,22). The second kappa shape index (κ2) is 7.92. The van der Waals surface area contributed by atoms with Crippen molar-refractivity contribution in [3.63, 3.8) is 0 Å². The maximum atomic E-state index is 11.9. The number of amides is 1. The summed E-state index contributed by atoms with van der Waals surface area (Å²) >= 11 is 0. The zero-order valence-corrected chi connectivity index (χ0v) is 13.1. The van der Waals surface area contributed by atoms with E-state index in [9.17, 15) is 19.5 Å². The molecule has 0 bridgehead atoms. The largest absolute Gasteiger partial charge is 0.506 e. The molecule has 0 heterocycles. The van der Waals surface area contributed by atoms with Crippen molar-refractivity contribution in [2.24, 2.45) is 0 Å². The molecular weight excluding hydrogens is 310 g/mol. The number of Topliss-reactive ketones (excluding diaryl/α,β-unsaturated/α-hetero) is 1. The molecule has 0 aliphatic rings. The van der Waals surface area contributed by atoms with Crippen molar-refractivity contribution in [3.05, 3.63) is 59.7 Å². The Bertz CT molecular complexity index is 755. The number of esters is 1. The van der Waals surface area contributed by atoms with Gasteiger partial charge in [0.15, 0.2) is 5.78 Å². The molecule has 0 fully saturated rings. The number of phenolic OH excluding ortho intramolecular Hbond substituents is 1. The van der Waals surface area contributed by atoms with Gasteiger partial charge in [-0.25, -0.2) is 4.79 Å². The molecule has 2 aromatic rings. The van der Waals surface area contributed by atoms with Gasteiger partial charge in [0.2, 0.25) is 5.91 Å². The molecule has 0 atom stereocenters. The first-order valence-corrected chi connectivity index (χ1v) is 7.30. The van der Waals surface area contributed by atoms with Gasteiger partial charge in [0.25, 0.3) is 0 Å². The van der Waals surface area contributed by atoms with E-state index >= 15 is 0 Å². The summed E-state index contributed by atoms with van der Waals surface area (Å²) in [6.45, 7) is 0. The fraction of sp³-hybridized carbons (Fsp3) is 0.167. The fourth-order valence-electron chi connectivity index (χ4n) is 2.09. The number of phenols is 1. The van der Waals surface area contributed by atoms with E-state index in [1.165, 1.54) is 25.3 Å². The molecule has 124 valence electrons. The lowest BCUT2D eigenvalue weighted by Crippen LogP contribution is -2.14. The Kier molecular flexibility index (Phi) is 5.68. The van der Waals surface area contributed by atoms with Crippen LogP contribution in [0.25, 0.3) is 0 Å². The number of carbonyl (C=O) groups is 3. The number of anilines is 1. The zero-order chi connectivity index (χ0) is 17.5. The number of ketones is 1. The van der Waals surface area contributed by atoms with Gasteiger partial charge in [0, 0.05) is 18.4 Å². The van der Waals surface area contributed by atoms with Crippen LogP contribution < -0.4 is 5.32 Å². The van der Waals surface area contributed by atoms with Crippen LogP contribution in [0.2, 0.25) is 0 Å². The molecule has 0 spiro atoms. The van der Waals surface area contributed by atoms with Gasteiger partial charge in [-0.2, -0.15) is 0 Å². The predicted molar refractivity (Wildman–Crippen MR) is 88.1 cm³/mol. The minimum Gasteiger partial charge on any atom is -0.506 e. The normalized spacial score (nSPS) is 10.0. The molecule has 2 N–H and O–H groups in total. The van der Waals surface area contributed by atoms with Crippen LogP contribution in [0.15, 0.2) is 48.5 Å². The number of ether oxygens (including phenoxy) is 1. The van der Waals surface area contributed by atoms with Crippen LogP contribution in [0.5, 0.6) is 5.75 Å². The number of aromatic hydroxyl groups is 1. The SMILES string of the molecule is COC(=O)c1ccc(NC(=O)CCC(=O)c2ccccc2)c(O)c1. The highest BCUT2D eigenvalue weighted by Crippen LogP contribution is 2.25. The number of rotatable bonds is 6. The first kappa shape index (κ1) is 17.2. The fourth-order valence-corrected chi connectivity index (χ4v) is 2.09. The monoisotopic (exact) mass is 327 g/mol. The van der Waals surface area contributed by atoms with Crippen molar-refractivity contribution >= 4 is 23.3 Å². The maximum absolute atomic E-state index is 11.9. The van der Waals surface area contributed by atoms with Crippen LogP contribution in [0.1, 0.15) is 33.6 Å². The van der Waals surface area contributed by atoms with E-state index in [-0.39, 0.29) is 35.6 Å². The lowest BCUT2D eigenvalue weighted by molar-refractivity contribution is -0.116. The van der Waals surface area contributed by atoms with E-state index in [0.717, 1.165) is 0 Å². The van der Waals surface area contributed by atoms with Crippen molar-refractivity contribution < 1.29 is 24.2 Å². The summed E-state index contributed by atoms with van der Waals surface area (Å²) in [7, 11) is 1.23. The summed E-state index contributed by atoms with van der Waals surface area (Å²) < 4.78 is 4.54. The summed E-state index contributed by atoms with van der Waals surface area (Å²) in [5, 5.41) is 12.4. The van der Waals surface area contributed by atoms with Gasteiger partial charge in [0.05, 0.1) is 18.4 Å². The van der Waals surface area contributed by atoms with Crippen molar-refractivity contribution in [1.82, 2.24) is 0 Å². The highest BCUT2D eigenvalue weighted by molar-refractivity contribution is 6.00. The van der Waals surface area contributed by atoms with Crippen LogP contribution in [0, 0.1) is 0 Å². The summed E-state index contributed by atoms with van der Waals surface area (Å²) in [6, 6.07) is 12.7. The number of nitrogens with one attached hydrogen (secondary N) is 1. The molecule has 0 saturated heterocycles.